The number of nitrogens with two attached hydrogens (primary N) is 1. The van der Waals surface area contributed by atoms with E-state index in [9.17, 15) is 4.79 Å². The summed E-state index contributed by atoms with van der Waals surface area (Å²) in [5.41, 5.74) is 5.93. The van der Waals surface area contributed by atoms with Crippen molar-refractivity contribution in [3.05, 3.63) is 11.7 Å². The number of aromatic nitrogens is 2. The van der Waals surface area contributed by atoms with Crippen molar-refractivity contribution in [2.24, 2.45) is 11.7 Å². The lowest BCUT2D eigenvalue weighted by molar-refractivity contribution is -0.123. The fourth-order valence-corrected chi connectivity index (χ4v) is 4.81. The Kier molecular flexibility index (Phi) is 5.30. The van der Waals surface area contributed by atoms with E-state index in [0.29, 0.717) is 30.1 Å². The van der Waals surface area contributed by atoms with Crippen molar-refractivity contribution in [3.63, 3.8) is 0 Å². The number of hydrogen-bond donors (Lipinski definition) is 2. The Balaban J connectivity index is 1.23. The van der Waals surface area contributed by atoms with Gasteiger partial charge in [0.05, 0.1) is 5.54 Å². The first-order valence-corrected chi connectivity index (χ1v) is 10.5. The smallest absolute Gasteiger partial charge is 0.229 e. The first-order valence-electron chi connectivity index (χ1n) is 10.5. The van der Waals surface area contributed by atoms with Gasteiger partial charge in [0.25, 0.3) is 0 Å². The van der Waals surface area contributed by atoms with Gasteiger partial charge in [0.2, 0.25) is 11.8 Å². The van der Waals surface area contributed by atoms with E-state index in [1.807, 2.05) is 0 Å². The monoisotopic (exact) mass is 360 g/mol. The Bertz CT molecular complexity index is 611. The van der Waals surface area contributed by atoms with Crippen LogP contribution >= 0.6 is 0 Å². The molecule has 0 spiro atoms. The summed E-state index contributed by atoms with van der Waals surface area (Å²) >= 11 is 0. The zero-order valence-corrected chi connectivity index (χ0v) is 15.7. The largest absolute Gasteiger partial charge is 0.353 e. The molecule has 0 bridgehead atoms. The summed E-state index contributed by atoms with van der Waals surface area (Å²) < 4.78 is 5.51. The molecule has 3 fully saturated rings. The average molecular weight is 361 g/mol. The first kappa shape index (κ1) is 18.0. The second kappa shape index (κ2) is 7.67. The summed E-state index contributed by atoms with van der Waals surface area (Å²) in [6.45, 7) is 0. The number of carbonyl (C=O) groups excluding carboxylic acids is 1. The van der Waals surface area contributed by atoms with Gasteiger partial charge in [0.15, 0.2) is 5.82 Å². The highest BCUT2D eigenvalue weighted by Crippen LogP contribution is 2.39. The maximum absolute atomic E-state index is 12.3. The number of nitrogens with one attached hydrogen (secondary N) is 1. The molecular formula is C20H32N4O2. The molecule has 1 aromatic heterocycles. The molecule has 0 saturated heterocycles. The first-order chi connectivity index (χ1) is 12.6. The lowest BCUT2D eigenvalue weighted by atomic mass is 9.77. The molecule has 0 atom stereocenters. The van der Waals surface area contributed by atoms with Crippen LogP contribution in [0, 0.1) is 5.92 Å². The number of hydrogen-bond acceptors (Lipinski definition) is 5. The molecule has 3 aliphatic rings. The van der Waals surface area contributed by atoms with Crippen LogP contribution in [0.2, 0.25) is 0 Å². The summed E-state index contributed by atoms with van der Waals surface area (Å²) in [5, 5.41) is 7.40. The normalized spacial score (nSPS) is 29.1. The van der Waals surface area contributed by atoms with E-state index in [-0.39, 0.29) is 11.4 Å². The molecule has 3 aliphatic carbocycles. The van der Waals surface area contributed by atoms with Gasteiger partial charge in [0.1, 0.15) is 0 Å². The van der Waals surface area contributed by atoms with Crippen LogP contribution in [0.15, 0.2) is 4.52 Å². The van der Waals surface area contributed by atoms with E-state index >= 15 is 0 Å². The van der Waals surface area contributed by atoms with Gasteiger partial charge in [-0.15, -0.1) is 0 Å². The third kappa shape index (κ3) is 3.95. The molecule has 6 nitrogen and oxygen atoms in total. The summed E-state index contributed by atoms with van der Waals surface area (Å²) in [6.07, 6.45) is 14.1. The van der Waals surface area contributed by atoms with Gasteiger partial charge >= 0.3 is 0 Å². The van der Waals surface area contributed by atoms with E-state index in [0.717, 1.165) is 50.8 Å². The van der Waals surface area contributed by atoms with Gasteiger partial charge in [0, 0.05) is 18.4 Å². The molecule has 4 rings (SSSR count). The second-order valence-corrected chi connectivity index (χ2v) is 8.79. The fourth-order valence-electron chi connectivity index (χ4n) is 4.81. The summed E-state index contributed by atoms with van der Waals surface area (Å²) in [6, 6.07) is 0.303. The minimum Gasteiger partial charge on any atom is -0.353 e. The molecule has 3 N–H and O–H groups in total. The average Bonchev–Trinajstić information content (AvgIpc) is 3.11. The van der Waals surface area contributed by atoms with Crippen LogP contribution in [-0.2, 0) is 10.3 Å². The van der Waals surface area contributed by atoms with Crippen molar-refractivity contribution in [2.45, 2.75) is 101 Å². The Morgan fingerprint density at radius 3 is 2.46 bits per heavy atom. The molecule has 0 aliphatic heterocycles. The lowest BCUT2D eigenvalue weighted by Crippen LogP contribution is -2.44. The predicted octanol–water partition coefficient (Wildman–Crippen LogP) is 3.52. The van der Waals surface area contributed by atoms with Crippen molar-refractivity contribution >= 4 is 5.91 Å². The molecule has 0 aromatic carbocycles. The third-order valence-electron chi connectivity index (χ3n) is 6.77. The van der Waals surface area contributed by atoms with E-state index in [4.69, 9.17) is 10.3 Å². The zero-order chi connectivity index (χ0) is 18.0. The van der Waals surface area contributed by atoms with Crippen LogP contribution in [0.25, 0.3) is 0 Å². The Hall–Kier alpha value is -1.43. The van der Waals surface area contributed by atoms with E-state index in [2.05, 4.69) is 15.5 Å². The molecule has 0 unspecified atom stereocenters. The Morgan fingerprint density at radius 2 is 1.81 bits per heavy atom. The predicted molar refractivity (Wildman–Crippen MR) is 98.3 cm³/mol. The molecule has 0 radical (unpaired) electrons. The molecule has 144 valence electrons. The van der Waals surface area contributed by atoms with Gasteiger partial charge in [-0.25, -0.2) is 0 Å². The number of amides is 1. The minimum absolute atomic E-state index is 0.246. The number of rotatable bonds is 5. The highest BCUT2D eigenvalue weighted by molar-refractivity contribution is 5.76. The number of nitrogens with zero attached hydrogens (tertiary/aromatic N) is 2. The highest BCUT2D eigenvalue weighted by Gasteiger charge is 2.39. The van der Waals surface area contributed by atoms with Crippen molar-refractivity contribution < 1.29 is 9.32 Å². The number of carbonyl (C=O) groups is 1. The zero-order valence-electron chi connectivity index (χ0n) is 15.7. The SMILES string of the molecule is NC1(c2noc(C3CCC(NC(=O)CC4CCCCC4)CC3)n2)CCC1. The molecule has 26 heavy (non-hydrogen) atoms. The maximum atomic E-state index is 12.3. The van der Waals surface area contributed by atoms with E-state index in [1.165, 1.54) is 32.1 Å². The van der Waals surface area contributed by atoms with Crippen molar-refractivity contribution in [1.29, 1.82) is 0 Å². The van der Waals surface area contributed by atoms with Crippen LogP contribution in [0.5, 0.6) is 0 Å². The van der Waals surface area contributed by atoms with Crippen LogP contribution < -0.4 is 11.1 Å². The Morgan fingerprint density at radius 1 is 1.08 bits per heavy atom. The lowest BCUT2D eigenvalue weighted by Gasteiger charge is -2.34. The van der Waals surface area contributed by atoms with Crippen LogP contribution in [0.4, 0.5) is 0 Å². The standard InChI is InChI=1S/C20H32N4O2/c21-20(11-4-12-20)19-23-18(26-24-19)15-7-9-16(10-8-15)22-17(25)13-14-5-2-1-3-6-14/h14-16H,1-13,21H2,(H,22,25). The summed E-state index contributed by atoms with van der Waals surface area (Å²) in [5.74, 6) is 2.58. The van der Waals surface area contributed by atoms with Crippen LogP contribution in [0.3, 0.4) is 0 Å². The molecule has 1 amide bonds. The highest BCUT2D eigenvalue weighted by atomic mass is 16.5. The molecule has 1 aromatic rings. The van der Waals surface area contributed by atoms with Crippen molar-refractivity contribution in [3.8, 4) is 0 Å². The maximum Gasteiger partial charge on any atom is 0.229 e. The quantitative estimate of drug-likeness (QED) is 0.838. The van der Waals surface area contributed by atoms with Crippen LogP contribution in [-0.4, -0.2) is 22.1 Å². The van der Waals surface area contributed by atoms with Crippen molar-refractivity contribution in [1.82, 2.24) is 15.5 Å². The second-order valence-electron chi connectivity index (χ2n) is 8.79. The van der Waals surface area contributed by atoms with Crippen LogP contribution in [0.1, 0.15) is 101 Å². The van der Waals surface area contributed by atoms with Gasteiger partial charge in [-0.05, 0) is 63.7 Å². The topological polar surface area (TPSA) is 94.0 Å². The molecule has 1 heterocycles. The van der Waals surface area contributed by atoms with Gasteiger partial charge in [-0.3, -0.25) is 4.79 Å². The Labute approximate surface area is 155 Å². The molecular weight excluding hydrogens is 328 g/mol. The van der Waals surface area contributed by atoms with Gasteiger partial charge in [-0.2, -0.15) is 4.98 Å². The van der Waals surface area contributed by atoms with Gasteiger partial charge in [-0.1, -0.05) is 24.4 Å². The molecule has 6 heteroatoms. The van der Waals surface area contributed by atoms with Gasteiger partial charge < -0.3 is 15.6 Å². The van der Waals surface area contributed by atoms with E-state index in [1.54, 1.807) is 0 Å². The van der Waals surface area contributed by atoms with Crippen molar-refractivity contribution in [2.75, 3.05) is 0 Å². The summed E-state index contributed by atoms with van der Waals surface area (Å²) in [7, 11) is 0. The molecule has 3 saturated carbocycles. The van der Waals surface area contributed by atoms with E-state index < -0.39 is 0 Å². The minimum atomic E-state index is -0.355. The summed E-state index contributed by atoms with van der Waals surface area (Å²) in [4.78, 5) is 16.9. The third-order valence-corrected chi connectivity index (χ3v) is 6.77. The fraction of sp³-hybridized carbons (Fsp3) is 0.850.